The molecule has 0 saturated heterocycles. The van der Waals surface area contributed by atoms with Gasteiger partial charge in [-0.2, -0.15) is 0 Å². The van der Waals surface area contributed by atoms with Crippen molar-refractivity contribution < 1.29 is 8.42 Å². The third kappa shape index (κ3) is 5.13. The van der Waals surface area contributed by atoms with E-state index in [-0.39, 0.29) is 11.4 Å². The van der Waals surface area contributed by atoms with Gasteiger partial charge in [-0.25, -0.2) is 8.42 Å². The lowest BCUT2D eigenvalue weighted by atomic mass is 10.2. The van der Waals surface area contributed by atoms with Gasteiger partial charge < -0.3 is 0 Å². The fraction of sp³-hybridized carbons (Fsp3) is 0.0741. The second-order valence-corrected chi connectivity index (χ2v) is 9.36. The summed E-state index contributed by atoms with van der Waals surface area (Å²) < 4.78 is 28.3. The standard InChI is InChI=1S/C27H24N2O2S/c1-22-12-14-23(15-13-22)20-28-25-16-18-26(19-17-25)29(21-24-8-4-2-5-9-24)32(30,31)27-10-6-3-7-11-27/h2-20H,21H2,1H3. The summed E-state index contributed by atoms with van der Waals surface area (Å²) >= 11 is 0. The minimum atomic E-state index is -3.73. The van der Waals surface area contributed by atoms with Crippen LogP contribution in [0.4, 0.5) is 11.4 Å². The molecule has 0 aromatic heterocycles. The maximum absolute atomic E-state index is 13.5. The number of hydrogen-bond acceptors (Lipinski definition) is 3. The number of sulfonamides is 1. The van der Waals surface area contributed by atoms with Gasteiger partial charge in [0.15, 0.2) is 0 Å². The van der Waals surface area contributed by atoms with Crippen LogP contribution in [0.15, 0.2) is 119 Å². The summed E-state index contributed by atoms with van der Waals surface area (Å²) in [5.41, 5.74) is 4.47. The van der Waals surface area contributed by atoms with Gasteiger partial charge in [-0.15, -0.1) is 0 Å². The Balaban J connectivity index is 1.64. The normalized spacial score (nSPS) is 11.5. The molecule has 0 bridgehead atoms. The number of benzene rings is 4. The van der Waals surface area contributed by atoms with E-state index in [9.17, 15) is 8.42 Å². The smallest absolute Gasteiger partial charge is 0.262 e. The van der Waals surface area contributed by atoms with E-state index in [0.717, 1.165) is 16.8 Å². The fourth-order valence-corrected chi connectivity index (χ4v) is 4.76. The molecule has 0 amide bonds. The van der Waals surface area contributed by atoms with Crippen molar-refractivity contribution in [3.8, 4) is 0 Å². The first-order chi connectivity index (χ1) is 15.5. The number of anilines is 1. The Bertz CT molecular complexity index is 1280. The highest BCUT2D eigenvalue weighted by Gasteiger charge is 2.25. The molecule has 5 heteroatoms. The van der Waals surface area contributed by atoms with Gasteiger partial charge in [-0.05, 0) is 54.4 Å². The molecule has 160 valence electrons. The van der Waals surface area contributed by atoms with Gasteiger partial charge in [-0.1, -0.05) is 78.4 Å². The average Bonchev–Trinajstić information content (AvgIpc) is 2.84. The van der Waals surface area contributed by atoms with E-state index in [1.807, 2.05) is 73.7 Å². The molecule has 0 spiro atoms. The third-order valence-electron chi connectivity index (χ3n) is 5.08. The molecule has 0 heterocycles. The molecule has 0 aliphatic heterocycles. The Kier molecular flexibility index (Phi) is 6.47. The van der Waals surface area contributed by atoms with Crippen molar-refractivity contribution in [3.63, 3.8) is 0 Å². The molecule has 0 fully saturated rings. The average molecular weight is 441 g/mol. The molecule has 0 unspecified atom stereocenters. The molecule has 32 heavy (non-hydrogen) atoms. The molecular weight excluding hydrogens is 416 g/mol. The predicted octanol–water partition coefficient (Wildman–Crippen LogP) is 6.14. The lowest BCUT2D eigenvalue weighted by molar-refractivity contribution is 0.590. The molecule has 4 aromatic carbocycles. The molecule has 0 N–H and O–H groups in total. The molecule has 0 aliphatic rings. The zero-order valence-electron chi connectivity index (χ0n) is 17.8. The summed E-state index contributed by atoms with van der Waals surface area (Å²) in [4.78, 5) is 4.78. The van der Waals surface area contributed by atoms with Gasteiger partial charge in [-0.3, -0.25) is 9.30 Å². The van der Waals surface area contributed by atoms with Crippen LogP contribution in [0.25, 0.3) is 0 Å². The zero-order chi connectivity index (χ0) is 22.4. The van der Waals surface area contributed by atoms with Crippen molar-refractivity contribution >= 4 is 27.6 Å². The summed E-state index contributed by atoms with van der Waals surface area (Å²) in [5.74, 6) is 0. The molecule has 0 saturated carbocycles. The number of nitrogens with zero attached hydrogens (tertiary/aromatic N) is 2. The quantitative estimate of drug-likeness (QED) is 0.324. The molecule has 0 radical (unpaired) electrons. The van der Waals surface area contributed by atoms with E-state index in [0.29, 0.717) is 5.69 Å². The van der Waals surface area contributed by atoms with E-state index < -0.39 is 10.0 Å². The fourth-order valence-electron chi connectivity index (χ4n) is 3.29. The van der Waals surface area contributed by atoms with E-state index in [4.69, 9.17) is 0 Å². The second-order valence-electron chi connectivity index (χ2n) is 7.50. The Morgan fingerprint density at radius 3 is 1.97 bits per heavy atom. The van der Waals surface area contributed by atoms with Gasteiger partial charge in [0.25, 0.3) is 10.0 Å². The minimum absolute atomic E-state index is 0.240. The molecule has 0 aliphatic carbocycles. The molecule has 4 rings (SSSR count). The van der Waals surface area contributed by atoms with Crippen molar-refractivity contribution in [3.05, 3.63) is 126 Å². The Morgan fingerprint density at radius 2 is 1.34 bits per heavy atom. The predicted molar refractivity (Wildman–Crippen MR) is 131 cm³/mol. The van der Waals surface area contributed by atoms with Crippen molar-refractivity contribution in [2.24, 2.45) is 4.99 Å². The van der Waals surface area contributed by atoms with Gasteiger partial charge >= 0.3 is 0 Å². The second kappa shape index (κ2) is 9.62. The van der Waals surface area contributed by atoms with Crippen LogP contribution in [0, 0.1) is 6.92 Å². The van der Waals surface area contributed by atoms with Crippen molar-refractivity contribution in [2.75, 3.05) is 4.31 Å². The Labute approximate surface area is 189 Å². The number of aliphatic imine (C=N–C) groups is 1. The monoisotopic (exact) mass is 440 g/mol. The lowest BCUT2D eigenvalue weighted by Crippen LogP contribution is -2.30. The number of rotatable bonds is 7. The summed E-state index contributed by atoms with van der Waals surface area (Å²) in [5, 5.41) is 0. The summed E-state index contributed by atoms with van der Waals surface area (Å²) in [7, 11) is -3.73. The molecule has 4 nitrogen and oxygen atoms in total. The van der Waals surface area contributed by atoms with Gasteiger partial charge in [0.05, 0.1) is 22.8 Å². The lowest BCUT2D eigenvalue weighted by Gasteiger charge is -2.25. The minimum Gasteiger partial charge on any atom is -0.262 e. The van der Waals surface area contributed by atoms with Crippen LogP contribution in [0.2, 0.25) is 0 Å². The topological polar surface area (TPSA) is 49.7 Å². The van der Waals surface area contributed by atoms with Crippen molar-refractivity contribution in [2.45, 2.75) is 18.4 Å². The summed E-state index contributed by atoms with van der Waals surface area (Å²) in [6.07, 6.45) is 1.80. The number of hydrogen-bond donors (Lipinski definition) is 0. The highest BCUT2D eigenvalue weighted by Crippen LogP contribution is 2.28. The van der Waals surface area contributed by atoms with E-state index in [1.165, 1.54) is 9.87 Å². The van der Waals surface area contributed by atoms with E-state index in [1.54, 1.807) is 48.7 Å². The Hall–Kier alpha value is -3.70. The maximum atomic E-state index is 13.5. The van der Waals surface area contributed by atoms with Crippen LogP contribution >= 0.6 is 0 Å². The number of aryl methyl sites for hydroxylation is 1. The SMILES string of the molecule is Cc1ccc(C=Nc2ccc(N(Cc3ccccc3)S(=O)(=O)c3ccccc3)cc2)cc1. The third-order valence-corrected chi connectivity index (χ3v) is 6.87. The van der Waals surface area contributed by atoms with Crippen molar-refractivity contribution in [1.82, 2.24) is 0 Å². The maximum Gasteiger partial charge on any atom is 0.264 e. The van der Waals surface area contributed by atoms with Gasteiger partial charge in [0, 0.05) is 6.21 Å². The van der Waals surface area contributed by atoms with E-state index >= 15 is 0 Å². The Morgan fingerprint density at radius 1 is 0.750 bits per heavy atom. The molecule has 4 aromatic rings. The van der Waals surface area contributed by atoms with E-state index in [2.05, 4.69) is 4.99 Å². The highest BCUT2D eigenvalue weighted by atomic mass is 32.2. The summed E-state index contributed by atoms with van der Waals surface area (Å²) in [6, 6.07) is 33.5. The van der Waals surface area contributed by atoms with Crippen LogP contribution in [0.5, 0.6) is 0 Å². The van der Waals surface area contributed by atoms with Crippen LogP contribution in [-0.4, -0.2) is 14.6 Å². The first-order valence-electron chi connectivity index (χ1n) is 10.3. The summed E-state index contributed by atoms with van der Waals surface area (Å²) in [6.45, 7) is 2.29. The first-order valence-corrected chi connectivity index (χ1v) is 11.8. The highest BCUT2D eigenvalue weighted by molar-refractivity contribution is 7.92. The van der Waals surface area contributed by atoms with Crippen LogP contribution in [-0.2, 0) is 16.6 Å². The van der Waals surface area contributed by atoms with Crippen molar-refractivity contribution in [1.29, 1.82) is 0 Å². The first kappa shape index (κ1) is 21.5. The van der Waals surface area contributed by atoms with Crippen LogP contribution in [0.1, 0.15) is 16.7 Å². The van der Waals surface area contributed by atoms with Gasteiger partial charge in [0.2, 0.25) is 0 Å². The molecule has 0 atom stereocenters. The van der Waals surface area contributed by atoms with Crippen LogP contribution < -0.4 is 4.31 Å². The van der Waals surface area contributed by atoms with Gasteiger partial charge in [0.1, 0.15) is 0 Å². The zero-order valence-corrected chi connectivity index (χ0v) is 18.6. The molecular formula is C27H24N2O2S. The largest absolute Gasteiger partial charge is 0.264 e. The van der Waals surface area contributed by atoms with Crippen LogP contribution in [0.3, 0.4) is 0 Å².